The molecule has 0 unspecified atom stereocenters. The number of nitrogens with one attached hydrogen (secondary N) is 1. The molecule has 2 aromatic rings. The Balaban J connectivity index is 2.78. The van der Waals surface area contributed by atoms with Gasteiger partial charge in [-0.3, -0.25) is 4.79 Å². The highest BCUT2D eigenvalue weighted by Gasteiger charge is 2.24. The molecule has 2 rings (SSSR count). The van der Waals surface area contributed by atoms with Crippen LogP contribution in [0.4, 0.5) is 0 Å². The highest BCUT2D eigenvalue weighted by atomic mass is 16.3. The molecule has 132 valence electrons. The highest BCUT2D eigenvalue weighted by Crippen LogP contribution is 2.44. The lowest BCUT2D eigenvalue weighted by molar-refractivity contribution is 0.0940. The Morgan fingerprint density at radius 2 is 1.80 bits per heavy atom. The summed E-state index contributed by atoms with van der Waals surface area (Å²) in [7, 11) is 0. The molecule has 0 aliphatic heterocycles. The fraction of sp³-hybridized carbons (Fsp3) is 0.286. The summed E-state index contributed by atoms with van der Waals surface area (Å²) in [5.74, 6) is -0.649. The van der Waals surface area contributed by atoms with Gasteiger partial charge in [-0.25, -0.2) is 0 Å². The number of rotatable bonds is 4. The Labute approximate surface area is 148 Å². The van der Waals surface area contributed by atoms with Crippen molar-refractivity contribution < 1.29 is 15.0 Å². The summed E-state index contributed by atoms with van der Waals surface area (Å²) in [6.45, 7) is 13.2. The normalized spacial score (nSPS) is 10.8. The number of hydrogen-bond acceptors (Lipinski definition) is 3. The van der Waals surface area contributed by atoms with Crippen LogP contribution >= 0.6 is 0 Å². The van der Waals surface area contributed by atoms with Gasteiger partial charge in [0.1, 0.15) is 11.5 Å². The largest absolute Gasteiger partial charge is 0.507 e. The average Bonchev–Trinajstić information content (AvgIpc) is 2.45. The number of phenolic OH excluding ortho intramolecular Hbond substituents is 2. The van der Waals surface area contributed by atoms with E-state index in [1.54, 1.807) is 6.92 Å². The van der Waals surface area contributed by atoms with Crippen LogP contribution < -0.4 is 5.32 Å². The molecule has 0 atom stereocenters. The van der Waals surface area contributed by atoms with Gasteiger partial charge < -0.3 is 15.5 Å². The van der Waals surface area contributed by atoms with Crippen LogP contribution in [-0.4, -0.2) is 22.2 Å². The first kappa shape index (κ1) is 18.6. The third-order valence-electron chi connectivity index (χ3n) is 4.03. The van der Waals surface area contributed by atoms with Gasteiger partial charge in [-0.2, -0.15) is 0 Å². The number of phenols is 2. The lowest BCUT2D eigenvalue weighted by atomic mass is 9.90. The van der Waals surface area contributed by atoms with Crippen molar-refractivity contribution in [3.63, 3.8) is 0 Å². The monoisotopic (exact) mass is 339 g/mol. The second-order valence-corrected chi connectivity index (χ2v) is 6.77. The van der Waals surface area contributed by atoms with E-state index in [-0.39, 0.29) is 34.6 Å². The number of aromatic hydroxyl groups is 2. The van der Waals surface area contributed by atoms with Crippen LogP contribution in [0.1, 0.15) is 47.8 Å². The molecular formula is C21H25NO3. The van der Waals surface area contributed by atoms with Crippen molar-refractivity contribution in [3.05, 3.63) is 53.1 Å². The molecule has 0 saturated carbocycles. The van der Waals surface area contributed by atoms with Gasteiger partial charge >= 0.3 is 0 Å². The standard InChI is InChI=1S/C21H25NO3/c1-11(2)15-8-7-13(5)9-16(15)19-17(23)10-14(6)18(20(19)24)21(25)22-12(3)4/h7-10,12,23-24H,1H2,2-6H3,(H,22,25). The van der Waals surface area contributed by atoms with Gasteiger partial charge in [0.15, 0.2) is 0 Å². The van der Waals surface area contributed by atoms with Crippen LogP contribution in [0.15, 0.2) is 30.8 Å². The summed E-state index contributed by atoms with van der Waals surface area (Å²) in [4.78, 5) is 12.5. The zero-order chi connectivity index (χ0) is 18.9. The highest BCUT2D eigenvalue weighted by molar-refractivity contribution is 6.02. The lowest BCUT2D eigenvalue weighted by Gasteiger charge is -2.18. The fourth-order valence-electron chi connectivity index (χ4n) is 2.91. The van der Waals surface area contributed by atoms with E-state index in [9.17, 15) is 15.0 Å². The molecule has 0 spiro atoms. The van der Waals surface area contributed by atoms with Gasteiger partial charge in [0.25, 0.3) is 5.91 Å². The number of carbonyl (C=O) groups is 1. The van der Waals surface area contributed by atoms with Crippen LogP contribution in [0.3, 0.4) is 0 Å². The topological polar surface area (TPSA) is 69.6 Å². The molecule has 25 heavy (non-hydrogen) atoms. The van der Waals surface area contributed by atoms with E-state index in [4.69, 9.17) is 0 Å². The number of allylic oxidation sites excluding steroid dienone is 1. The van der Waals surface area contributed by atoms with Gasteiger partial charge in [-0.05, 0) is 57.4 Å². The SMILES string of the molecule is C=C(C)c1ccc(C)cc1-c1c(O)cc(C)c(C(=O)NC(C)C)c1O. The zero-order valence-corrected chi connectivity index (χ0v) is 15.4. The van der Waals surface area contributed by atoms with Crippen LogP contribution in [0.25, 0.3) is 16.7 Å². The molecule has 0 aliphatic rings. The van der Waals surface area contributed by atoms with Gasteiger partial charge in [-0.15, -0.1) is 0 Å². The van der Waals surface area contributed by atoms with E-state index in [1.807, 2.05) is 45.9 Å². The molecule has 0 heterocycles. The van der Waals surface area contributed by atoms with E-state index in [1.165, 1.54) is 6.07 Å². The molecular weight excluding hydrogens is 314 g/mol. The molecule has 0 aliphatic carbocycles. The molecule has 0 aromatic heterocycles. The number of benzene rings is 2. The van der Waals surface area contributed by atoms with Crippen LogP contribution in [0.5, 0.6) is 11.5 Å². The van der Waals surface area contributed by atoms with Crippen LogP contribution in [0.2, 0.25) is 0 Å². The van der Waals surface area contributed by atoms with E-state index in [0.717, 1.165) is 16.7 Å². The predicted molar refractivity (Wildman–Crippen MR) is 102 cm³/mol. The Morgan fingerprint density at radius 1 is 1.16 bits per heavy atom. The quantitative estimate of drug-likeness (QED) is 0.765. The van der Waals surface area contributed by atoms with Crippen molar-refractivity contribution >= 4 is 11.5 Å². The molecule has 2 aromatic carbocycles. The maximum atomic E-state index is 12.5. The Morgan fingerprint density at radius 3 is 2.36 bits per heavy atom. The van der Waals surface area contributed by atoms with Crippen LogP contribution in [0, 0.1) is 13.8 Å². The molecule has 1 amide bonds. The molecule has 4 heteroatoms. The predicted octanol–water partition coefficient (Wildman–Crippen LogP) is 4.55. The first-order chi connectivity index (χ1) is 11.6. The lowest BCUT2D eigenvalue weighted by Crippen LogP contribution is -2.30. The average molecular weight is 339 g/mol. The van der Waals surface area contributed by atoms with Gasteiger partial charge in [0.05, 0.1) is 11.1 Å². The third-order valence-corrected chi connectivity index (χ3v) is 4.03. The maximum absolute atomic E-state index is 12.5. The zero-order valence-electron chi connectivity index (χ0n) is 15.4. The van der Waals surface area contributed by atoms with Crippen molar-refractivity contribution in [1.29, 1.82) is 0 Å². The fourth-order valence-corrected chi connectivity index (χ4v) is 2.91. The summed E-state index contributed by atoms with van der Waals surface area (Å²) in [6.07, 6.45) is 0. The molecule has 4 nitrogen and oxygen atoms in total. The van der Waals surface area contributed by atoms with E-state index in [0.29, 0.717) is 11.1 Å². The summed E-state index contributed by atoms with van der Waals surface area (Å²) in [5, 5.41) is 24.1. The van der Waals surface area contributed by atoms with Crippen molar-refractivity contribution in [2.24, 2.45) is 0 Å². The minimum atomic E-state index is -0.365. The van der Waals surface area contributed by atoms with Crippen molar-refractivity contribution in [1.82, 2.24) is 5.32 Å². The van der Waals surface area contributed by atoms with E-state index in [2.05, 4.69) is 11.9 Å². The third kappa shape index (κ3) is 3.68. The molecule has 0 saturated heterocycles. The van der Waals surface area contributed by atoms with Crippen molar-refractivity contribution in [3.8, 4) is 22.6 Å². The first-order valence-corrected chi connectivity index (χ1v) is 8.26. The summed E-state index contributed by atoms with van der Waals surface area (Å²) < 4.78 is 0. The minimum Gasteiger partial charge on any atom is -0.507 e. The number of amides is 1. The van der Waals surface area contributed by atoms with Crippen LogP contribution in [-0.2, 0) is 0 Å². The summed E-state index contributed by atoms with van der Waals surface area (Å²) in [5.41, 5.74) is 4.20. The van der Waals surface area contributed by atoms with Gasteiger partial charge in [-0.1, -0.05) is 35.9 Å². The van der Waals surface area contributed by atoms with E-state index < -0.39 is 0 Å². The van der Waals surface area contributed by atoms with Crippen molar-refractivity contribution in [2.45, 2.75) is 40.7 Å². The molecule has 3 N–H and O–H groups in total. The second-order valence-electron chi connectivity index (χ2n) is 6.77. The Bertz CT molecular complexity index is 851. The minimum absolute atomic E-state index is 0.0616. The molecule has 0 bridgehead atoms. The number of aryl methyl sites for hydroxylation is 2. The van der Waals surface area contributed by atoms with Crippen molar-refractivity contribution in [2.75, 3.05) is 0 Å². The maximum Gasteiger partial charge on any atom is 0.255 e. The number of hydrogen-bond donors (Lipinski definition) is 3. The smallest absolute Gasteiger partial charge is 0.255 e. The Kier molecular flexibility index (Phi) is 5.21. The molecule has 0 radical (unpaired) electrons. The van der Waals surface area contributed by atoms with E-state index >= 15 is 0 Å². The summed E-state index contributed by atoms with van der Waals surface area (Å²) in [6, 6.07) is 7.17. The molecule has 0 fully saturated rings. The number of carbonyl (C=O) groups excluding carboxylic acids is 1. The first-order valence-electron chi connectivity index (χ1n) is 8.26. The Hall–Kier alpha value is -2.75. The van der Waals surface area contributed by atoms with Gasteiger partial charge in [0.2, 0.25) is 0 Å². The summed E-state index contributed by atoms with van der Waals surface area (Å²) >= 11 is 0. The second kappa shape index (κ2) is 7.01. The van der Waals surface area contributed by atoms with Gasteiger partial charge in [0, 0.05) is 6.04 Å².